The van der Waals surface area contributed by atoms with Crippen molar-refractivity contribution in [1.29, 1.82) is 0 Å². The summed E-state index contributed by atoms with van der Waals surface area (Å²) in [5.74, 6) is 0.866. The molecule has 1 aliphatic heterocycles. The third-order valence-corrected chi connectivity index (χ3v) is 6.71. The Labute approximate surface area is 212 Å². The highest BCUT2D eigenvalue weighted by atomic mass is 16.5. The minimum atomic E-state index is 0.0715. The third kappa shape index (κ3) is 5.31. The number of nitrogens with zero attached hydrogens (tertiary/aromatic N) is 3. The van der Waals surface area contributed by atoms with E-state index in [1.807, 2.05) is 60.4 Å². The van der Waals surface area contributed by atoms with Crippen molar-refractivity contribution in [3.63, 3.8) is 0 Å². The summed E-state index contributed by atoms with van der Waals surface area (Å²) >= 11 is 0. The fourth-order valence-corrected chi connectivity index (χ4v) is 4.63. The predicted molar refractivity (Wildman–Crippen MR) is 146 cm³/mol. The summed E-state index contributed by atoms with van der Waals surface area (Å²) in [6.07, 6.45) is 4.36. The molecule has 1 aromatic heterocycles. The van der Waals surface area contributed by atoms with Crippen LogP contribution in [-0.2, 0) is 0 Å². The van der Waals surface area contributed by atoms with Gasteiger partial charge >= 0.3 is 0 Å². The molecule has 5 nitrogen and oxygen atoms in total. The standard InChI is InChI=1S/C31H31N3O2/c1-23-10-15-29-27(21-23)28(22-30(32-29)25-11-13-26(36-2)14-12-25)31(35)34-19-17-33(18-20-34)16-6-9-24-7-4-3-5-8-24/h3-15,21-22H,16-20H2,1-2H3/b9-6+. The smallest absolute Gasteiger partial charge is 0.254 e. The van der Waals surface area contributed by atoms with Gasteiger partial charge in [-0.2, -0.15) is 0 Å². The van der Waals surface area contributed by atoms with E-state index in [0.717, 1.165) is 53.1 Å². The number of ether oxygens (including phenoxy) is 1. The van der Waals surface area contributed by atoms with Crippen LogP contribution in [0.4, 0.5) is 0 Å². The third-order valence-electron chi connectivity index (χ3n) is 6.71. The molecule has 0 atom stereocenters. The topological polar surface area (TPSA) is 45.7 Å². The number of hydrogen-bond donors (Lipinski definition) is 0. The largest absolute Gasteiger partial charge is 0.497 e. The van der Waals surface area contributed by atoms with Crippen LogP contribution in [0.1, 0.15) is 21.5 Å². The number of aryl methyl sites for hydroxylation is 1. The Kier molecular flexibility index (Phi) is 7.10. The fraction of sp³-hybridized carbons (Fsp3) is 0.226. The van der Waals surface area contributed by atoms with Gasteiger partial charge in [0.05, 0.1) is 23.9 Å². The predicted octanol–water partition coefficient (Wildman–Crippen LogP) is 5.69. The van der Waals surface area contributed by atoms with Crippen LogP contribution >= 0.6 is 0 Å². The zero-order chi connectivity index (χ0) is 24.9. The minimum absolute atomic E-state index is 0.0715. The normalized spacial score (nSPS) is 14.4. The van der Waals surface area contributed by atoms with Crippen molar-refractivity contribution in [2.75, 3.05) is 39.8 Å². The van der Waals surface area contributed by atoms with E-state index < -0.39 is 0 Å². The minimum Gasteiger partial charge on any atom is -0.497 e. The van der Waals surface area contributed by atoms with Crippen LogP contribution in [0.15, 0.2) is 84.9 Å². The number of pyridine rings is 1. The van der Waals surface area contributed by atoms with Crippen molar-refractivity contribution >= 4 is 22.9 Å². The van der Waals surface area contributed by atoms with Crippen molar-refractivity contribution in [3.8, 4) is 17.0 Å². The highest BCUT2D eigenvalue weighted by Gasteiger charge is 2.24. The lowest BCUT2D eigenvalue weighted by atomic mass is 10.0. The van der Waals surface area contributed by atoms with Gasteiger partial charge in [-0.1, -0.05) is 54.1 Å². The molecule has 0 unspecified atom stereocenters. The number of benzene rings is 3. The van der Waals surface area contributed by atoms with Gasteiger partial charge in [0.15, 0.2) is 0 Å². The van der Waals surface area contributed by atoms with Crippen LogP contribution in [0.3, 0.4) is 0 Å². The van der Waals surface area contributed by atoms with E-state index >= 15 is 0 Å². The molecule has 0 aliphatic carbocycles. The first-order valence-corrected chi connectivity index (χ1v) is 12.4. The molecule has 0 saturated carbocycles. The van der Waals surface area contributed by atoms with Gasteiger partial charge in [-0.15, -0.1) is 0 Å². The Balaban J connectivity index is 1.34. The van der Waals surface area contributed by atoms with Gasteiger partial charge in [0.2, 0.25) is 0 Å². The van der Waals surface area contributed by atoms with Gasteiger partial charge in [0, 0.05) is 43.7 Å². The van der Waals surface area contributed by atoms with Crippen molar-refractivity contribution in [1.82, 2.24) is 14.8 Å². The van der Waals surface area contributed by atoms with Crippen LogP contribution in [0.25, 0.3) is 28.2 Å². The number of hydrogen-bond acceptors (Lipinski definition) is 4. The molecule has 0 bridgehead atoms. The van der Waals surface area contributed by atoms with Gasteiger partial charge in [0.1, 0.15) is 5.75 Å². The molecular formula is C31H31N3O2. The first-order chi connectivity index (χ1) is 17.6. The monoisotopic (exact) mass is 477 g/mol. The van der Waals surface area contributed by atoms with Gasteiger partial charge in [-0.25, -0.2) is 4.98 Å². The number of piperazine rings is 1. The first-order valence-electron chi connectivity index (χ1n) is 12.4. The number of carbonyl (C=O) groups is 1. The Hall–Kier alpha value is -3.96. The van der Waals surface area contributed by atoms with Crippen LogP contribution in [0.5, 0.6) is 5.75 Å². The van der Waals surface area contributed by atoms with Crippen molar-refractivity contribution in [2.24, 2.45) is 0 Å². The number of amides is 1. The molecule has 5 rings (SSSR count). The molecule has 182 valence electrons. The second-order valence-electron chi connectivity index (χ2n) is 9.21. The molecule has 0 N–H and O–H groups in total. The highest BCUT2D eigenvalue weighted by molar-refractivity contribution is 6.07. The molecule has 0 radical (unpaired) electrons. The number of fused-ring (bicyclic) bond motifs is 1. The van der Waals surface area contributed by atoms with E-state index in [2.05, 4.69) is 47.4 Å². The molecular weight excluding hydrogens is 446 g/mol. The summed E-state index contributed by atoms with van der Waals surface area (Å²) in [7, 11) is 1.65. The molecule has 5 heteroatoms. The van der Waals surface area contributed by atoms with Crippen LogP contribution in [0, 0.1) is 6.92 Å². The molecule has 4 aromatic rings. The second kappa shape index (κ2) is 10.8. The number of carbonyl (C=O) groups excluding carboxylic acids is 1. The Morgan fingerprint density at radius 3 is 2.42 bits per heavy atom. The van der Waals surface area contributed by atoms with E-state index in [0.29, 0.717) is 18.7 Å². The summed E-state index contributed by atoms with van der Waals surface area (Å²) in [6, 6.07) is 26.2. The van der Waals surface area contributed by atoms with E-state index in [-0.39, 0.29) is 5.91 Å². The molecule has 2 heterocycles. The zero-order valence-electron chi connectivity index (χ0n) is 20.9. The average Bonchev–Trinajstić information content (AvgIpc) is 2.93. The lowest BCUT2D eigenvalue weighted by Gasteiger charge is -2.34. The van der Waals surface area contributed by atoms with Gasteiger partial charge in [-0.05, 0) is 55.0 Å². The summed E-state index contributed by atoms with van der Waals surface area (Å²) in [5, 5.41) is 0.908. The summed E-state index contributed by atoms with van der Waals surface area (Å²) < 4.78 is 5.30. The SMILES string of the molecule is COc1ccc(-c2cc(C(=O)N3CCN(C/C=C/c4ccccc4)CC3)c3cc(C)ccc3n2)cc1. The molecule has 36 heavy (non-hydrogen) atoms. The van der Waals surface area contributed by atoms with Crippen LogP contribution < -0.4 is 4.74 Å². The summed E-state index contributed by atoms with van der Waals surface area (Å²) in [6.45, 7) is 6.08. The summed E-state index contributed by atoms with van der Waals surface area (Å²) in [5.41, 5.74) is 5.63. The maximum Gasteiger partial charge on any atom is 0.254 e. The number of methoxy groups -OCH3 is 1. The second-order valence-corrected chi connectivity index (χ2v) is 9.21. The number of aromatic nitrogens is 1. The lowest BCUT2D eigenvalue weighted by Crippen LogP contribution is -2.48. The highest BCUT2D eigenvalue weighted by Crippen LogP contribution is 2.28. The van der Waals surface area contributed by atoms with Crippen molar-refractivity contribution in [2.45, 2.75) is 6.92 Å². The first kappa shape index (κ1) is 23.8. The van der Waals surface area contributed by atoms with E-state index in [4.69, 9.17) is 9.72 Å². The van der Waals surface area contributed by atoms with Crippen LogP contribution in [-0.4, -0.2) is 60.5 Å². The van der Waals surface area contributed by atoms with Crippen LogP contribution in [0.2, 0.25) is 0 Å². The fourth-order valence-electron chi connectivity index (χ4n) is 4.63. The van der Waals surface area contributed by atoms with Gasteiger partial charge < -0.3 is 9.64 Å². The van der Waals surface area contributed by atoms with Gasteiger partial charge in [0.25, 0.3) is 5.91 Å². The number of rotatable bonds is 6. The average molecular weight is 478 g/mol. The maximum absolute atomic E-state index is 13.8. The summed E-state index contributed by atoms with van der Waals surface area (Å²) in [4.78, 5) is 23.0. The molecule has 1 amide bonds. The van der Waals surface area contributed by atoms with E-state index in [9.17, 15) is 4.79 Å². The quantitative estimate of drug-likeness (QED) is 0.358. The molecule has 0 spiro atoms. The zero-order valence-corrected chi connectivity index (χ0v) is 20.9. The molecule has 1 fully saturated rings. The molecule has 1 saturated heterocycles. The van der Waals surface area contributed by atoms with E-state index in [1.54, 1.807) is 7.11 Å². The van der Waals surface area contributed by atoms with E-state index in [1.165, 1.54) is 5.56 Å². The van der Waals surface area contributed by atoms with Crippen molar-refractivity contribution in [3.05, 3.63) is 102 Å². The Bertz CT molecular complexity index is 1370. The maximum atomic E-state index is 13.8. The lowest BCUT2D eigenvalue weighted by molar-refractivity contribution is 0.0652. The van der Waals surface area contributed by atoms with Gasteiger partial charge in [-0.3, -0.25) is 9.69 Å². The van der Waals surface area contributed by atoms with Crippen molar-refractivity contribution < 1.29 is 9.53 Å². The Morgan fingerprint density at radius 2 is 1.69 bits per heavy atom. The Morgan fingerprint density at radius 1 is 0.944 bits per heavy atom. The molecule has 1 aliphatic rings. The molecule has 3 aromatic carbocycles.